The molecule has 1 atom stereocenters. The molecule has 1 aromatic heterocycles. The number of ketones is 1. The molecule has 0 spiro atoms. The zero-order valence-electron chi connectivity index (χ0n) is 13.9. The molecule has 25 heavy (non-hydrogen) atoms. The molecule has 5 nitrogen and oxygen atoms in total. The van der Waals surface area contributed by atoms with Crippen LogP contribution in [0.1, 0.15) is 28.1 Å². The fraction of sp³-hybridized carbons (Fsp3) is 0.421. The van der Waals surface area contributed by atoms with Crippen molar-refractivity contribution in [3.05, 3.63) is 51.9 Å². The summed E-state index contributed by atoms with van der Waals surface area (Å²) in [6.45, 7) is 3.61. The van der Waals surface area contributed by atoms with E-state index in [4.69, 9.17) is 13.9 Å². The first-order valence-corrected chi connectivity index (χ1v) is 9.34. The zero-order valence-corrected chi connectivity index (χ0v) is 15.5. The average molecular weight is 406 g/mol. The Hall–Kier alpha value is -1.63. The van der Waals surface area contributed by atoms with E-state index in [9.17, 15) is 4.79 Å². The van der Waals surface area contributed by atoms with Gasteiger partial charge in [-0.25, -0.2) is 0 Å². The van der Waals surface area contributed by atoms with Gasteiger partial charge >= 0.3 is 0 Å². The van der Waals surface area contributed by atoms with Crippen LogP contribution in [-0.2, 0) is 17.7 Å². The van der Waals surface area contributed by atoms with Crippen molar-refractivity contribution in [3.8, 4) is 5.75 Å². The normalized spacial score (nSPS) is 20.7. The van der Waals surface area contributed by atoms with Crippen LogP contribution < -0.4 is 4.74 Å². The predicted octanol–water partition coefficient (Wildman–Crippen LogP) is 3.45. The second-order valence-corrected chi connectivity index (χ2v) is 7.23. The summed E-state index contributed by atoms with van der Waals surface area (Å²) in [7, 11) is 0. The summed E-state index contributed by atoms with van der Waals surface area (Å²) in [6.07, 6.45) is 1.37. The van der Waals surface area contributed by atoms with Gasteiger partial charge in [0, 0.05) is 30.6 Å². The van der Waals surface area contributed by atoms with Crippen molar-refractivity contribution in [2.75, 3.05) is 26.3 Å². The van der Waals surface area contributed by atoms with Crippen LogP contribution in [0.5, 0.6) is 5.75 Å². The Labute approximate surface area is 155 Å². The smallest absolute Gasteiger partial charge is 0.169 e. The van der Waals surface area contributed by atoms with Crippen molar-refractivity contribution in [1.29, 1.82) is 0 Å². The number of ether oxygens (including phenoxy) is 2. The molecule has 0 saturated carbocycles. The van der Waals surface area contributed by atoms with E-state index in [1.54, 1.807) is 0 Å². The maximum atomic E-state index is 11.8. The van der Waals surface area contributed by atoms with E-state index in [1.165, 1.54) is 0 Å². The lowest BCUT2D eigenvalue weighted by Gasteiger charge is -2.32. The largest absolute Gasteiger partial charge is 0.491 e. The van der Waals surface area contributed by atoms with E-state index in [1.807, 2.05) is 30.3 Å². The molecule has 1 fully saturated rings. The number of furan rings is 1. The highest BCUT2D eigenvalue weighted by Crippen LogP contribution is 2.30. The molecule has 0 radical (unpaired) electrons. The third kappa shape index (κ3) is 3.81. The first kappa shape index (κ1) is 16.8. The van der Waals surface area contributed by atoms with E-state index in [-0.39, 0.29) is 11.9 Å². The third-order valence-electron chi connectivity index (χ3n) is 4.69. The molecule has 2 aromatic rings. The van der Waals surface area contributed by atoms with Gasteiger partial charge in [-0.3, -0.25) is 9.69 Å². The fourth-order valence-corrected chi connectivity index (χ4v) is 3.80. The maximum Gasteiger partial charge on any atom is 0.169 e. The number of nitrogens with zero attached hydrogens (tertiary/aromatic N) is 1. The number of Topliss-reactive ketones (excluding diaryl/α,β-unsaturated/α-hetero) is 1. The van der Waals surface area contributed by atoms with Crippen LogP contribution in [0.25, 0.3) is 0 Å². The molecule has 132 valence electrons. The molecule has 6 heteroatoms. The van der Waals surface area contributed by atoms with Gasteiger partial charge in [0.05, 0.1) is 13.2 Å². The summed E-state index contributed by atoms with van der Waals surface area (Å²) in [5.74, 6) is 1.97. The van der Waals surface area contributed by atoms with Crippen molar-refractivity contribution in [3.63, 3.8) is 0 Å². The molecule has 1 saturated heterocycles. The van der Waals surface area contributed by atoms with Crippen molar-refractivity contribution < 1.29 is 18.7 Å². The van der Waals surface area contributed by atoms with E-state index in [2.05, 4.69) is 20.8 Å². The molecule has 0 N–H and O–H groups in total. The first-order chi connectivity index (χ1) is 12.2. The van der Waals surface area contributed by atoms with Crippen molar-refractivity contribution in [2.24, 2.45) is 0 Å². The Balaban J connectivity index is 1.35. The Morgan fingerprint density at radius 2 is 2.16 bits per heavy atom. The number of hydrogen-bond acceptors (Lipinski definition) is 5. The molecule has 1 unspecified atom stereocenters. The van der Waals surface area contributed by atoms with Crippen LogP contribution in [0, 0.1) is 0 Å². The highest BCUT2D eigenvalue weighted by atomic mass is 79.9. The molecule has 0 amide bonds. The molecule has 2 heterocycles. The zero-order chi connectivity index (χ0) is 17.2. The predicted molar refractivity (Wildman–Crippen MR) is 96.0 cm³/mol. The van der Waals surface area contributed by atoms with Gasteiger partial charge in [0.25, 0.3) is 0 Å². The van der Waals surface area contributed by atoms with Crippen molar-refractivity contribution in [2.45, 2.75) is 25.5 Å². The number of benzene rings is 1. The van der Waals surface area contributed by atoms with Gasteiger partial charge in [-0.15, -0.1) is 0 Å². The van der Waals surface area contributed by atoms with E-state index < -0.39 is 0 Å². The summed E-state index contributed by atoms with van der Waals surface area (Å²) in [5, 5.41) is 0. The SMILES string of the molecule is O=C1CCc2c(OCC3CN(Cc4ccc(Br)o4)CCO3)cccc21. The highest BCUT2D eigenvalue weighted by molar-refractivity contribution is 9.10. The second kappa shape index (κ2) is 7.32. The monoisotopic (exact) mass is 405 g/mol. The third-order valence-corrected chi connectivity index (χ3v) is 5.12. The molecule has 1 aliphatic heterocycles. The number of carbonyl (C=O) groups excluding carboxylic acids is 1. The lowest BCUT2D eigenvalue weighted by atomic mass is 10.1. The Bertz CT molecular complexity index is 773. The summed E-state index contributed by atoms with van der Waals surface area (Å²) in [6, 6.07) is 9.61. The Morgan fingerprint density at radius 1 is 1.24 bits per heavy atom. The molecular weight excluding hydrogens is 386 g/mol. The minimum Gasteiger partial charge on any atom is -0.491 e. The number of carbonyl (C=O) groups is 1. The van der Waals surface area contributed by atoms with Crippen LogP contribution in [0.3, 0.4) is 0 Å². The topological polar surface area (TPSA) is 51.9 Å². The van der Waals surface area contributed by atoms with Gasteiger partial charge < -0.3 is 13.9 Å². The number of rotatable bonds is 5. The number of hydrogen-bond donors (Lipinski definition) is 0. The Morgan fingerprint density at radius 3 is 3.00 bits per heavy atom. The van der Waals surface area contributed by atoms with Crippen LogP contribution in [0.15, 0.2) is 39.4 Å². The minimum atomic E-state index is 0.0140. The summed E-state index contributed by atoms with van der Waals surface area (Å²) in [4.78, 5) is 14.2. The maximum absolute atomic E-state index is 11.8. The van der Waals surface area contributed by atoms with Crippen molar-refractivity contribution in [1.82, 2.24) is 4.90 Å². The van der Waals surface area contributed by atoms with Gasteiger partial charge in [-0.2, -0.15) is 0 Å². The molecular formula is C19H20BrNO4. The number of morpholine rings is 1. The van der Waals surface area contributed by atoms with Gasteiger partial charge in [-0.1, -0.05) is 12.1 Å². The molecule has 2 aliphatic rings. The quantitative estimate of drug-likeness (QED) is 0.762. The second-order valence-electron chi connectivity index (χ2n) is 6.45. The van der Waals surface area contributed by atoms with Gasteiger partial charge in [0.15, 0.2) is 10.5 Å². The lowest BCUT2D eigenvalue weighted by Crippen LogP contribution is -2.44. The van der Waals surface area contributed by atoms with Crippen LogP contribution in [0.2, 0.25) is 0 Å². The summed E-state index contributed by atoms with van der Waals surface area (Å²) in [5.41, 5.74) is 1.85. The minimum absolute atomic E-state index is 0.0140. The van der Waals surface area contributed by atoms with E-state index in [0.29, 0.717) is 19.6 Å². The van der Waals surface area contributed by atoms with Gasteiger partial charge in [0.2, 0.25) is 0 Å². The molecule has 0 bridgehead atoms. The fourth-order valence-electron chi connectivity index (χ4n) is 3.46. The number of halogens is 1. The summed E-state index contributed by atoms with van der Waals surface area (Å²) >= 11 is 3.33. The number of fused-ring (bicyclic) bond motifs is 1. The summed E-state index contributed by atoms with van der Waals surface area (Å²) < 4.78 is 18.2. The average Bonchev–Trinajstić information content (AvgIpc) is 3.20. The van der Waals surface area contributed by atoms with E-state index >= 15 is 0 Å². The lowest BCUT2D eigenvalue weighted by molar-refractivity contribution is -0.0519. The van der Waals surface area contributed by atoms with Gasteiger partial charge in [-0.05, 0) is 40.5 Å². The van der Waals surface area contributed by atoms with Crippen LogP contribution in [0.4, 0.5) is 0 Å². The Kier molecular flexibility index (Phi) is 4.92. The van der Waals surface area contributed by atoms with Crippen molar-refractivity contribution >= 4 is 21.7 Å². The molecule has 1 aromatic carbocycles. The first-order valence-electron chi connectivity index (χ1n) is 8.55. The van der Waals surface area contributed by atoms with Crippen LogP contribution >= 0.6 is 15.9 Å². The standard InChI is InChI=1S/C19H20BrNO4/c20-19-7-4-13(25-19)10-21-8-9-23-14(11-21)12-24-18-3-1-2-15-16(18)5-6-17(15)22/h1-4,7,14H,5-6,8-12H2. The van der Waals surface area contributed by atoms with Gasteiger partial charge in [0.1, 0.15) is 24.2 Å². The van der Waals surface area contributed by atoms with E-state index in [0.717, 1.165) is 53.4 Å². The molecule has 1 aliphatic carbocycles. The highest BCUT2D eigenvalue weighted by Gasteiger charge is 2.25. The molecule has 4 rings (SSSR count). The van der Waals surface area contributed by atoms with Crippen LogP contribution in [-0.4, -0.2) is 43.1 Å².